The van der Waals surface area contributed by atoms with Gasteiger partial charge in [-0.2, -0.15) is 18.3 Å². The third-order valence-corrected chi connectivity index (χ3v) is 8.90. The van der Waals surface area contributed by atoms with Crippen molar-refractivity contribution in [3.05, 3.63) is 88.6 Å². The molecule has 2 aromatic carbocycles. The summed E-state index contributed by atoms with van der Waals surface area (Å²) in [6.07, 6.45) is 0.103. The van der Waals surface area contributed by atoms with Gasteiger partial charge in [0.05, 0.1) is 28.6 Å². The van der Waals surface area contributed by atoms with Gasteiger partial charge in [0.15, 0.2) is 0 Å². The summed E-state index contributed by atoms with van der Waals surface area (Å²) < 4.78 is 55.6. The van der Waals surface area contributed by atoms with Crippen LogP contribution in [0.1, 0.15) is 84.2 Å². The molecule has 2 saturated heterocycles. The molecule has 252 valence electrons. The van der Waals surface area contributed by atoms with Gasteiger partial charge in [0.2, 0.25) is 11.8 Å². The summed E-state index contributed by atoms with van der Waals surface area (Å²) in [6, 6.07) is 10.1. The molecule has 14 heteroatoms. The monoisotopic (exact) mass is 666 g/mol. The number of nitrogens with zero attached hydrogens (tertiary/aromatic N) is 4. The highest BCUT2D eigenvalue weighted by atomic mass is 19.4. The molecular weight excluding hydrogens is 632 g/mol. The van der Waals surface area contributed by atoms with E-state index >= 15 is 4.39 Å². The van der Waals surface area contributed by atoms with Gasteiger partial charge in [-0.15, -0.1) is 0 Å². The highest BCUT2D eigenvalue weighted by Crippen LogP contribution is 2.34. The lowest BCUT2D eigenvalue weighted by Crippen LogP contribution is -2.39. The number of hydrogen-bond donors (Lipinski definition) is 3. The Morgan fingerprint density at radius 2 is 1.81 bits per heavy atom. The second kappa shape index (κ2) is 12.7. The lowest BCUT2D eigenvalue weighted by molar-refractivity contribution is -0.141. The van der Waals surface area contributed by atoms with Crippen molar-refractivity contribution in [2.75, 3.05) is 18.4 Å². The zero-order valence-electron chi connectivity index (χ0n) is 26.3. The van der Waals surface area contributed by atoms with E-state index < -0.39 is 41.0 Å². The first kappa shape index (κ1) is 33.2. The second-order valence-corrected chi connectivity index (χ2v) is 12.9. The Kier molecular flexibility index (Phi) is 8.81. The summed E-state index contributed by atoms with van der Waals surface area (Å²) in [4.78, 5) is 42.2. The maximum Gasteiger partial charge on any atom is 0.433 e. The maximum atomic E-state index is 15.0. The molecule has 1 unspecified atom stereocenters. The van der Waals surface area contributed by atoms with Crippen molar-refractivity contribution in [2.45, 2.75) is 69.8 Å². The van der Waals surface area contributed by atoms with E-state index in [0.29, 0.717) is 34.3 Å². The van der Waals surface area contributed by atoms with Crippen LogP contribution in [0.25, 0.3) is 10.9 Å². The Morgan fingerprint density at radius 1 is 1.06 bits per heavy atom. The number of carbonyl (C=O) groups excluding carboxylic acids is 3. The van der Waals surface area contributed by atoms with Crippen molar-refractivity contribution in [1.82, 2.24) is 25.0 Å². The molecule has 0 aliphatic carbocycles. The van der Waals surface area contributed by atoms with Gasteiger partial charge in [0, 0.05) is 60.6 Å². The lowest BCUT2D eigenvalue weighted by atomic mass is 9.89. The Balaban J connectivity index is 1.12. The fourth-order valence-corrected chi connectivity index (χ4v) is 6.32. The van der Waals surface area contributed by atoms with Crippen LogP contribution in [0.15, 0.2) is 54.9 Å². The van der Waals surface area contributed by atoms with Crippen molar-refractivity contribution in [3.63, 3.8) is 0 Å². The first-order valence-electron chi connectivity index (χ1n) is 15.6. The minimum Gasteiger partial charge on any atom is -0.386 e. The predicted octanol–water partition coefficient (Wildman–Crippen LogP) is 5.43. The number of aromatic nitrogens is 3. The maximum absolute atomic E-state index is 15.0. The number of rotatable bonds is 7. The number of carbonyl (C=O) groups is 3. The summed E-state index contributed by atoms with van der Waals surface area (Å²) in [7, 11) is 0. The molecule has 2 aliphatic rings. The highest BCUT2D eigenvalue weighted by molar-refractivity contribution is 6.05. The zero-order valence-corrected chi connectivity index (χ0v) is 26.3. The average molecular weight is 667 g/mol. The second-order valence-electron chi connectivity index (χ2n) is 12.9. The minimum absolute atomic E-state index is 0.0692. The molecule has 2 fully saturated rings. The van der Waals surface area contributed by atoms with E-state index in [4.69, 9.17) is 5.10 Å². The molecule has 3 N–H and O–H groups in total. The van der Waals surface area contributed by atoms with Gasteiger partial charge >= 0.3 is 6.18 Å². The summed E-state index contributed by atoms with van der Waals surface area (Å²) >= 11 is 0. The van der Waals surface area contributed by atoms with Crippen LogP contribution in [-0.4, -0.2) is 55.6 Å². The van der Waals surface area contributed by atoms with Gasteiger partial charge in [0.25, 0.3) is 5.91 Å². The number of fused-ring (bicyclic) bond motifs is 1. The van der Waals surface area contributed by atoms with Crippen LogP contribution in [0.3, 0.4) is 0 Å². The van der Waals surface area contributed by atoms with Gasteiger partial charge in [-0.05, 0) is 69.0 Å². The molecule has 10 nitrogen and oxygen atoms in total. The van der Waals surface area contributed by atoms with Gasteiger partial charge in [-0.25, -0.2) is 4.39 Å². The molecule has 4 heterocycles. The third kappa shape index (κ3) is 7.09. The predicted molar refractivity (Wildman–Crippen MR) is 167 cm³/mol. The molecular formula is C34H34F4N6O4. The Hall–Kier alpha value is -4.69. The van der Waals surface area contributed by atoms with Crippen molar-refractivity contribution in [1.29, 1.82) is 0 Å². The van der Waals surface area contributed by atoms with Gasteiger partial charge < -0.3 is 10.4 Å². The molecule has 1 atom stereocenters. The largest absolute Gasteiger partial charge is 0.433 e. The number of nitrogens with one attached hydrogen (secondary N) is 2. The Labute approximate surface area is 273 Å². The normalized spacial score (nSPS) is 18.3. The lowest BCUT2D eigenvalue weighted by Gasteiger charge is -2.32. The molecule has 0 spiro atoms. The van der Waals surface area contributed by atoms with E-state index in [0.717, 1.165) is 49.8 Å². The van der Waals surface area contributed by atoms with Crippen molar-refractivity contribution in [3.8, 4) is 0 Å². The summed E-state index contributed by atoms with van der Waals surface area (Å²) in [5, 5.41) is 21.3. The van der Waals surface area contributed by atoms with E-state index in [2.05, 4.69) is 20.5 Å². The van der Waals surface area contributed by atoms with Crippen LogP contribution in [0.2, 0.25) is 0 Å². The molecule has 2 aliphatic heterocycles. The van der Waals surface area contributed by atoms with E-state index in [9.17, 15) is 32.7 Å². The SMILES string of the molecule is CC(C)(O)c1cc2nn(C3CCN(Cc4ccc(C5CCC(=O)NC5=O)c(F)c4)CC3)cc2cc1NC(=O)c1ccc(C(F)(F)F)nc1. The van der Waals surface area contributed by atoms with Crippen LogP contribution in [0.5, 0.6) is 0 Å². The summed E-state index contributed by atoms with van der Waals surface area (Å²) in [5.74, 6) is -2.63. The van der Waals surface area contributed by atoms with Crippen LogP contribution in [0.4, 0.5) is 23.2 Å². The molecule has 0 saturated carbocycles. The molecule has 2 aromatic heterocycles. The van der Waals surface area contributed by atoms with Gasteiger partial charge in [-0.3, -0.25) is 34.3 Å². The summed E-state index contributed by atoms with van der Waals surface area (Å²) in [5.41, 5.74) is -0.178. The number of anilines is 1. The van der Waals surface area contributed by atoms with E-state index in [1.807, 2.05) is 16.9 Å². The quantitative estimate of drug-likeness (QED) is 0.177. The molecule has 6 rings (SSSR count). The molecule has 0 radical (unpaired) electrons. The highest BCUT2D eigenvalue weighted by Gasteiger charge is 2.33. The number of alkyl halides is 3. The molecule has 4 aromatic rings. The van der Waals surface area contributed by atoms with Crippen molar-refractivity contribution in [2.24, 2.45) is 0 Å². The standard InChI is InChI=1S/C34H34F4N6O4/c1-33(2,48)25-15-27-21(14-28(25)40-31(46)20-4-7-29(39-16-20)34(36,37)38)18-44(42-27)22-9-11-43(12-10-22)17-19-3-5-23(26(35)13-19)24-6-8-30(45)41-32(24)47/h3-5,7,13-16,18,22,24,48H,6,8-12,17H2,1-2H3,(H,40,46)(H,41,45,47). The van der Waals surface area contributed by atoms with Crippen molar-refractivity contribution >= 4 is 34.3 Å². The molecule has 0 bridgehead atoms. The Bertz CT molecular complexity index is 1880. The molecule has 3 amide bonds. The van der Waals surface area contributed by atoms with E-state index in [1.165, 1.54) is 6.07 Å². The topological polar surface area (TPSA) is 129 Å². The van der Waals surface area contributed by atoms with E-state index in [1.54, 1.807) is 32.0 Å². The number of likely N-dealkylation sites (tertiary alicyclic amines) is 1. The summed E-state index contributed by atoms with van der Waals surface area (Å²) in [6.45, 7) is 5.12. The van der Waals surface area contributed by atoms with E-state index in [-0.39, 0.29) is 30.4 Å². The van der Waals surface area contributed by atoms with Crippen LogP contribution < -0.4 is 10.6 Å². The zero-order chi connectivity index (χ0) is 34.4. The first-order chi connectivity index (χ1) is 22.7. The number of imide groups is 1. The molecule has 48 heavy (non-hydrogen) atoms. The number of benzene rings is 2. The van der Waals surface area contributed by atoms with Crippen LogP contribution >= 0.6 is 0 Å². The minimum atomic E-state index is -4.63. The smallest absolute Gasteiger partial charge is 0.386 e. The Morgan fingerprint density at radius 3 is 2.44 bits per heavy atom. The van der Waals surface area contributed by atoms with Gasteiger partial charge in [-0.1, -0.05) is 12.1 Å². The van der Waals surface area contributed by atoms with Gasteiger partial charge in [0.1, 0.15) is 11.5 Å². The number of hydrogen-bond acceptors (Lipinski definition) is 7. The first-order valence-corrected chi connectivity index (χ1v) is 15.6. The third-order valence-electron chi connectivity index (χ3n) is 8.90. The fourth-order valence-electron chi connectivity index (χ4n) is 6.32. The number of pyridine rings is 1. The fraction of sp³-hybridized carbons (Fsp3) is 0.382. The average Bonchev–Trinajstić information content (AvgIpc) is 3.44. The number of aliphatic hydroxyl groups is 1. The van der Waals surface area contributed by atoms with Crippen LogP contribution in [0, 0.1) is 5.82 Å². The van der Waals surface area contributed by atoms with Crippen LogP contribution in [-0.2, 0) is 27.9 Å². The number of piperidine rings is 2. The number of amides is 3. The van der Waals surface area contributed by atoms with Crippen molar-refractivity contribution < 1.29 is 37.1 Å². The number of halogens is 4.